The van der Waals surface area contributed by atoms with Crippen LogP contribution in [-0.2, 0) is 0 Å². The Hall–Kier alpha value is -3.46. The normalized spacial score (nSPS) is 11.4. The Balaban J connectivity index is 2.05. The predicted molar refractivity (Wildman–Crippen MR) is 102 cm³/mol. The van der Waals surface area contributed by atoms with Crippen molar-refractivity contribution in [1.29, 1.82) is 0 Å². The van der Waals surface area contributed by atoms with Crippen LogP contribution in [0.2, 0.25) is 0 Å². The molecule has 0 saturated heterocycles. The molecule has 0 spiro atoms. The summed E-state index contributed by atoms with van der Waals surface area (Å²) in [6.07, 6.45) is 1.76. The van der Waals surface area contributed by atoms with Crippen molar-refractivity contribution in [3.05, 3.63) is 95.4 Å². The molecule has 0 bridgehead atoms. The van der Waals surface area contributed by atoms with Crippen LogP contribution in [0.15, 0.2) is 89.9 Å². The minimum absolute atomic E-state index is 0.0209. The lowest BCUT2D eigenvalue weighted by Gasteiger charge is -2.14. The highest BCUT2D eigenvalue weighted by atomic mass is 16.1. The lowest BCUT2D eigenvalue weighted by molar-refractivity contribution is 1.07. The molecule has 0 aliphatic heterocycles. The van der Waals surface area contributed by atoms with Gasteiger partial charge in [0.1, 0.15) is 0 Å². The van der Waals surface area contributed by atoms with Crippen molar-refractivity contribution in [2.75, 3.05) is 0 Å². The average molecular weight is 322 g/mol. The maximum Gasteiger partial charge on any atom is 0.263 e. The molecule has 0 radical (unpaired) electrons. The predicted octanol–water partition coefficient (Wildman–Crippen LogP) is 4.69. The van der Waals surface area contributed by atoms with E-state index in [0.717, 1.165) is 32.9 Å². The van der Waals surface area contributed by atoms with Gasteiger partial charge in [-0.05, 0) is 29.7 Å². The number of aromatic nitrogens is 2. The number of nitrogens with zero attached hydrogens (tertiary/aromatic N) is 2. The first-order valence-corrected chi connectivity index (χ1v) is 8.21. The molecule has 0 saturated carbocycles. The molecule has 3 aromatic carbocycles. The summed E-state index contributed by atoms with van der Waals surface area (Å²) in [7, 11) is 0. The van der Waals surface area contributed by atoms with Crippen LogP contribution in [0.25, 0.3) is 38.3 Å². The maximum atomic E-state index is 13.3. The van der Waals surface area contributed by atoms with E-state index in [0.29, 0.717) is 5.39 Å². The Kier molecular flexibility index (Phi) is 2.94. The SMILES string of the molecule is O=c1c2ccccc2c2ccccc2n1-c1cccc2cccnc12. The van der Waals surface area contributed by atoms with Crippen LogP contribution in [0.4, 0.5) is 0 Å². The summed E-state index contributed by atoms with van der Waals surface area (Å²) in [5, 5.41) is 3.77. The molecule has 25 heavy (non-hydrogen) atoms. The maximum absolute atomic E-state index is 13.3. The van der Waals surface area contributed by atoms with Gasteiger partial charge in [-0.1, -0.05) is 54.6 Å². The number of rotatable bonds is 1. The number of para-hydroxylation sites is 2. The average Bonchev–Trinajstić information content (AvgIpc) is 2.68. The van der Waals surface area contributed by atoms with Gasteiger partial charge in [-0.2, -0.15) is 0 Å². The van der Waals surface area contributed by atoms with Gasteiger partial charge in [-0.25, -0.2) is 0 Å². The van der Waals surface area contributed by atoms with Crippen molar-refractivity contribution in [3.8, 4) is 5.69 Å². The standard InChI is InChI=1S/C22H14N2O/c25-22-18-11-2-1-9-16(18)17-10-3-4-12-19(17)24(22)20-13-5-7-15-8-6-14-23-21(15)20/h1-14H. The monoisotopic (exact) mass is 322 g/mol. The van der Waals surface area contributed by atoms with Crippen LogP contribution in [0.1, 0.15) is 0 Å². The van der Waals surface area contributed by atoms with E-state index in [1.165, 1.54) is 0 Å². The summed E-state index contributed by atoms with van der Waals surface area (Å²) in [6.45, 7) is 0. The summed E-state index contributed by atoms with van der Waals surface area (Å²) in [4.78, 5) is 17.8. The van der Waals surface area contributed by atoms with Gasteiger partial charge in [0.2, 0.25) is 0 Å². The van der Waals surface area contributed by atoms with Crippen molar-refractivity contribution < 1.29 is 0 Å². The molecule has 3 nitrogen and oxygen atoms in total. The molecule has 5 rings (SSSR count). The Morgan fingerprint density at radius 1 is 0.680 bits per heavy atom. The van der Waals surface area contributed by atoms with Crippen molar-refractivity contribution in [3.63, 3.8) is 0 Å². The molecular weight excluding hydrogens is 308 g/mol. The van der Waals surface area contributed by atoms with Crippen molar-refractivity contribution in [2.45, 2.75) is 0 Å². The summed E-state index contributed by atoms with van der Waals surface area (Å²) >= 11 is 0. The van der Waals surface area contributed by atoms with Gasteiger partial charge in [0, 0.05) is 22.4 Å². The third kappa shape index (κ3) is 1.99. The molecule has 2 heterocycles. The van der Waals surface area contributed by atoms with Gasteiger partial charge < -0.3 is 0 Å². The lowest BCUT2D eigenvalue weighted by Crippen LogP contribution is -2.19. The van der Waals surface area contributed by atoms with Gasteiger partial charge in [0.15, 0.2) is 0 Å². The van der Waals surface area contributed by atoms with E-state index < -0.39 is 0 Å². The van der Waals surface area contributed by atoms with E-state index in [4.69, 9.17) is 0 Å². The van der Waals surface area contributed by atoms with Crippen molar-refractivity contribution in [2.24, 2.45) is 0 Å². The summed E-state index contributed by atoms with van der Waals surface area (Å²) < 4.78 is 1.78. The highest BCUT2D eigenvalue weighted by Gasteiger charge is 2.13. The number of benzene rings is 3. The molecule has 2 aromatic heterocycles. The molecule has 0 aliphatic rings. The van der Waals surface area contributed by atoms with E-state index in [1.807, 2.05) is 72.8 Å². The zero-order valence-corrected chi connectivity index (χ0v) is 13.4. The molecule has 118 valence electrons. The zero-order chi connectivity index (χ0) is 16.8. The second-order valence-corrected chi connectivity index (χ2v) is 6.06. The van der Waals surface area contributed by atoms with E-state index >= 15 is 0 Å². The molecule has 0 fully saturated rings. The Labute approximate surface area is 143 Å². The van der Waals surface area contributed by atoms with E-state index in [-0.39, 0.29) is 5.56 Å². The highest BCUT2D eigenvalue weighted by Crippen LogP contribution is 2.27. The van der Waals surface area contributed by atoms with Gasteiger partial charge >= 0.3 is 0 Å². The number of pyridine rings is 2. The largest absolute Gasteiger partial charge is 0.274 e. The Morgan fingerprint density at radius 3 is 2.28 bits per heavy atom. The molecule has 0 amide bonds. The Bertz CT molecular complexity index is 1310. The minimum atomic E-state index is -0.0209. The van der Waals surface area contributed by atoms with Crippen LogP contribution >= 0.6 is 0 Å². The zero-order valence-electron chi connectivity index (χ0n) is 13.4. The van der Waals surface area contributed by atoms with Crippen LogP contribution in [0.3, 0.4) is 0 Å². The van der Waals surface area contributed by atoms with Crippen LogP contribution < -0.4 is 5.56 Å². The fourth-order valence-corrected chi connectivity index (χ4v) is 3.54. The Morgan fingerprint density at radius 2 is 1.40 bits per heavy atom. The molecule has 3 heteroatoms. The smallest absolute Gasteiger partial charge is 0.263 e. The van der Waals surface area contributed by atoms with Gasteiger partial charge in [-0.15, -0.1) is 0 Å². The first-order chi connectivity index (χ1) is 12.3. The second-order valence-electron chi connectivity index (χ2n) is 6.06. The summed E-state index contributed by atoms with van der Waals surface area (Å²) in [6, 6.07) is 25.7. The molecule has 5 aromatic rings. The molecule has 0 N–H and O–H groups in total. The minimum Gasteiger partial charge on any atom is -0.274 e. The fourth-order valence-electron chi connectivity index (χ4n) is 3.54. The van der Waals surface area contributed by atoms with Crippen LogP contribution in [0.5, 0.6) is 0 Å². The highest BCUT2D eigenvalue weighted by molar-refractivity contribution is 6.06. The van der Waals surface area contributed by atoms with Crippen molar-refractivity contribution >= 4 is 32.6 Å². The third-order valence-electron chi connectivity index (χ3n) is 4.65. The van der Waals surface area contributed by atoms with Crippen molar-refractivity contribution in [1.82, 2.24) is 9.55 Å². The second kappa shape index (κ2) is 5.28. The third-order valence-corrected chi connectivity index (χ3v) is 4.65. The topological polar surface area (TPSA) is 34.9 Å². The lowest BCUT2D eigenvalue weighted by atomic mass is 10.1. The van der Waals surface area contributed by atoms with E-state index in [1.54, 1.807) is 10.8 Å². The number of fused-ring (bicyclic) bond motifs is 4. The quantitative estimate of drug-likeness (QED) is 0.420. The first kappa shape index (κ1) is 13.9. The number of hydrogen-bond donors (Lipinski definition) is 0. The van der Waals surface area contributed by atoms with Gasteiger partial charge in [0.25, 0.3) is 5.56 Å². The molecule has 0 aliphatic carbocycles. The fraction of sp³-hybridized carbons (Fsp3) is 0. The molecule has 0 unspecified atom stereocenters. The van der Waals surface area contributed by atoms with E-state index in [9.17, 15) is 4.79 Å². The van der Waals surface area contributed by atoms with Gasteiger partial charge in [0.05, 0.1) is 16.7 Å². The summed E-state index contributed by atoms with van der Waals surface area (Å²) in [5.74, 6) is 0. The molecular formula is C22H14N2O. The van der Waals surface area contributed by atoms with Crippen LogP contribution in [-0.4, -0.2) is 9.55 Å². The number of hydrogen-bond acceptors (Lipinski definition) is 2. The molecule has 0 atom stereocenters. The first-order valence-electron chi connectivity index (χ1n) is 8.21. The van der Waals surface area contributed by atoms with E-state index in [2.05, 4.69) is 11.1 Å². The summed E-state index contributed by atoms with van der Waals surface area (Å²) in [5.41, 5.74) is 2.51. The van der Waals surface area contributed by atoms with Crippen LogP contribution in [0, 0.1) is 0 Å². The van der Waals surface area contributed by atoms with Gasteiger partial charge in [-0.3, -0.25) is 14.3 Å².